The maximum Gasteiger partial charge on any atom is 0.327 e. The number of carbonyl (C=O) groups excluding carboxylic acids is 2. The molecule has 3 amide bonds. The minimum absolute atomic E-state index is 0.0502. The summed E-state index contributed by atoms with van der Waals surface area (Å²) in [7, 11) is 0. The van der Waals surface area contributed by atoms with Crippen molar-refractivity contribution in [2.45, 2.75) is 39.3 Å². The summed E-state index contributed by atoms with van der Waals surface area (Å²) >= 11 is 0. The quantitative estimate of drug-likeness (QED) is 0.649. The molecule has 8 nitrogen and oxygen atoms in total. The standard InChI is InChI=1S/C20H20N6O2/c1-13-8-9-17-21-22-18(26(17)23-13)11-24-12-19(27)25(20(24)28)10-15-6-2-4-14-5-3-7-16(14)15/h2,4,6,8-9H,3,5,7,10-12H2,1H3. The van der Waals surface area contributed by atoms with Gasteiger partial charge in [-0.2, -0.15) is 9.61 Å². The molecule has 0 N–H and O–H groups in total. The molecule has 2 aliphatic rings. The maximum atomic E-state index is 12.9. The summed E-state index contributed by atoms with van der Waals surface area (Å²) in [5, 5.41) is 12.6. The summed E-state index contributed by atoms with van der Waals surface area (Å²) in [5.74, 6) is 0.362. The van der Waals surface area contributed by atoms with Crippen LogP contribution in [0.25, 0.3) is 5.65 Å². The van der Waals surface area contributed by atoms with E-state index in [4.69, 9.17) is 0 Å². The van der Waals surface area contributed by atoms with Crippen LogP contribution in [0.5, 0.6) is 0 Å². The highest BCUT2D eigenvalue weighted by molar-refractivity contribution is 6.01. The Morgan fingerprint density at radius 2 is 1.93 bits per heavy atom. The molecule has 28 heavy (non-hydrogen) atoms. The molecule has 0 bridgehead atoms. The third-order valence-electron chi connectivity index (χ3n) is 5.49. The van der Waals surface area contributed by atoms with Gasteiger partial charge in [-0.05, 0) is 55.0 Å². The Morgan fingerprint density at radius 1 is 1.04 bits per heavy atom. The Morgan fingerprint density at radius 3 is 2.82 bits per heavy atom. The van der Waals surface area contributed by atoms with E-state index < -0.39 is 0 Å². The molecule has 1 aliphatic heterocycles. The van der Waals surface area contributed by atoms with Crippen LogP contribution >= 0.6 is 0 Å². The normalized spacial score (nSPS) is 16.5. The van der Waals surface area contributed by atoms with E-state index in [1.54, 1.807) is 4.52 Å². The summed E-state index contributed by atoms with van der Waals surface area (Å²) in [4.78, 5) is 28.3. The second kappa shape index (κ2) is 6.40. The molecule has 1 saturated heterocycles. The van der Waals surface area contributed by atoms with Crippen LogP contribution in [-0.4, -0.2) is 48.1 Å². The number of benzene rings is 1. The number of carbonyl (C=O) groups is 2. The predicted molar refractivity (Wildman–Crippen MR) is 100 cm³/mol. The second-order valence-electron chi connectivity index (χ2n) is 7.39. The number of aromatic nitrogens is 4. The van der Waals surface area contributed by atoms with Crippen molar-refractivity contribution in [3.63, 3.8) is 0 Å². The number of rotatable bonds is 4. The summed E-state index contributed by atoms with van der Waals surface area (Å²) in [5.41, 5.74) is 5.16. The van der Waals surface area contributed by atoms with Crippen LogP contribution in [0.15, 0.2) is 30.3 Å². The lowest BCUT2D eigenvalue weighted by atomic mass is 10.0. The van der Waals surface area contributed by atoms with Crippen molar-refractivity contribution in [1.82, 2.24) is 29.6 Å². The van der Waals surface area contributed by atoms with Crippen LogP contribution in [0.1, 0.15) is 34.6 Å². The fourth-order valence-electron chi connectivity index (χ4n) is 4.08. The lowest BCUT2D eigenvalue weighted by Gasteiger charge is -2.18. The Hall–Kier alpha value is -3.29. The first-order valence-corrected chi connectivity index (χ1v) is 9.47. The summed E-state index contributed by atoms with van der Waals surface area (Å²) in [6, 6.07) is 9.57. The van der Waals surface area contributed by atoms with Gasteiger partial charge in [-0.1, -0.05) is 18.2 Å². The molecule has 0 saturated carbocycles. The molecule has 1 fully saturated rings. The van der Waals surface area contributed by atoms with Crippen LogP contribution in [0.2, 0.25) is 0 Å². The van der Waals surface area contributed by atoms with E-state index in [1.165, 1.54) is 20.9 Å². The Labute approximate surface area is 161 Å². The van der Waals surface area contributed by atoms with Crippen LogP contribution in [0.4, 0.5) is 4.79 Å². The Balaban J connectivity index is 1.37. The van der Waals surface area contributed by atoms with Crippen molar-refractivity contribution in [2.75, 3.05) is 6.54 Å². The lowest BCUT2D eigenvalue weighted by molar-refractivity contribution is -0.125. The highest BCUT2D eigenvalue weighted by Crippen LogP contribution is 2.27. The van der Waals surface area contributed by atoms with E-state index in [0.717, 1.165) is 30.5 Å². The van der Waals surface area contributed by atoms with Crippen molar-refractivity contribution >= 4 is 17.6 Å². The number of urea groups is 1. The van der Waals surface area contributed by atoms with Crippen LogP contribution in [0, 0.1) is 6.92 Å². The number of fused-ring (bicyclic) bond motifs is 2. The number of hydrogen-bond donors (Lipinski definition) is 0. The van der Waals surface area contributed by atoms with Crippen molar-refractivity contribution in [2.24, 2.45) is 0 Å². The molecule has 0 spiro atoms. The van der Waals surface area contributed by atoms with Crippen molar-refractivity contribution < 1.29 is 9.59 Å². The molecule has 0 radical (unpaired) electrons. The van der Waals surface area contributed by atoms with Gasteiger partial charge in [-0.3, -0.25) is 9.69 Å². The molecule has 1 aromatic carbocycles. The fourth-order valence-corrected chi connectivity index (χ4v) is 4.08. The molecular weight excluding hydrogens is 356 g/mol. The molecular formula is C20H20N6O2. The number of hydrogen-bond acceptors (Lipinski definition) is 5. The van der Waals surface area contributed by atoms with Gasteiger partial charge in [0.25, 0.3) is 5.91 Å². The summed E-state index contributed by atoms with van der Waals surface area (Å²) in [6.45, 7) is 2.46. The average Bonchev–Trinajstić information content (AvgIpc) is 3.37. The third-order valence-corrected chi connectivity index (χ3v) is 5.49. The molecule has 2 aromatic heterocycles. The molecule has 5 rings (SSSR count). The minimum atomic E-state index is -0.287. The lowest BCUT2D eigenvalue weighted by Crippen LogP contribution is -2.33. The first kappa shape index (κ1) is 16.9. The van der Waals surface area contributed by atoms with Gasteiger partial charge >= 0.3 is 6.03 Å². The fraction of sp³-hybridized carbons (Fsp3) is 0.350. The van der Waals surface area contributed by atoms with Gasteiger partial charge in [-0.15, -0.1) is 10.2 Å². The van der Waals surface area contributed by atoms with Crippen molar-refractivity contribution in [1.29, 1.82) is 0 Å². The zero-order chi connectivity index (χ0) is 19.3. The Kier molecular flexibility index (Phi) is 3.85. The van der Waals surface area contributed by atoms with Crippen LogP contribution in [0.3, 0.4) is 0 Å². The first-order valence-electron chi connectivity index (χ1n) is 9.47. The molecule has 8 heteroatoms. The van der Waals surface area contributed by atoms with Crippen molar-refractivity contribution in [3.8, 4) is 0 Å². The maximum absolute atomic E-state index is 12.9. The van der Waals surface area contributed by atoms with Gasteiger partial charge < -0.3 is 4.90 Å². The molecule has 0 unspecified atom stereocenters. The topological polar surface area (TPSA) is 83.7 Å². The first-order chi connectivity index (χ1) is 13.6. The van der Waals surface area contributed by atoms with Crippen LogP contribution < -0.4 is 0 Å². The predicted octanol–water partition coefficient (Wildman–Crippen LogP) is 1.89. The van der Waals surface area contributed by atoms with Gasteiger partial charge in [0.15, 0.2) is 11.5 Å². The van der Waals surface area contributed by atoms with E-state index in [1.807, 2.05) is 31.2 Å². The smallest absolute Gasteiger partial charge is 0.307 e. The van der Waals surface area contributed by atoms with Gasteiger partial charge in [-0.25, -0.2) is 4.79 Å². The molecule has 3 heterocycles. The van der Waals surface area contributed by atoms with Gasteiger partial charge in [0.05, 0.1) is 18.8 Å². The molecule has 142 valence electrons. The third kappa shape index (κ3) is 2.72. The number of aryl methyl sites for hydroxylation is 2. The summed E-state index contributed by atoms with van der Waals surface area (Å²) in [6.07, 6.45) is 3.22. The summed E-state index contributed by atoms with van der Waals surface area (Å²) < 4.78 is 1.62. The number of imide groups is 1. The van der Waals surface area contributed by atoms with Crippen LogP contribution in [-0.2, 0) is 30.7 Å². The molecule has 0 atom stereocenters. The second-order valence-corrected chi connectivity index (χ2v) is 7.39. The Bertz CT molecular complexity index is 1110. The van der Waals surface area contributed by atoms with E-state index in [9.17, 15) is 9.59 Å². The average molecular weight is 376 g/mol. The van der Waals surface area contributed by atoms with E-state index in [0.29, 0.717) is 18.0 Å². The number of amides is 3. The van der Waals surface area contributed by atoms with E-state index in [-0.39, 0.29) is 25.0 Å². The van der Waals surface area contributed by atoms with Crippen molar-refractivity contribution in [3.05, 3.63) is 58.5 Å². The largest absolute Gasteiger partial charge is 0.327 e. The van der Waals surface area contributed by atoms with E-state index >= 15 is 0 Å². The highest BCUT2D eigenvalue weighted by atomic mass is 16.2. The minimum Gasteiger partial charge on any atom is -0.307 e. The SMILES string of the molecule is Cc1ccc2nnc(CN3CC(=O)N(Cc4cccc5c4CCC5)C3=O)n2n1. The molecule has 1 aliphatic carbocycles. The monoisotopic (exact) mass is 376 g/mol. The van der Waals surface area contributed by atoms with Gasteiger partial charge in [0.1, 0.15) is 6.54 Å². The van der Waals surface area contributed by atoms with E-state index in [2.05, 4.69) is 21.4 Å². The molecule has 3 aromatic rings. The zero-order valence-electron chi connectivity index (χ0n) is 15.6. The number of nitrogens with zero attached hydrogens (tertiary/aromatic N) is 6. The van der Waals surface area contributed by atoms with Gasteiger partial charge in [0.2, 0.25) is 0 Å². The highest BCUT2D eigenvalue weighted by Gasteiger charge is 2.37. The zero-order valence-corrected chi connectivity index (χ0v) is 15.6. The van der Waals surface area contributed by atoms with Gasteiger partial charge in [0, 0.05) is 0 Å².